The van der Waals surface area contributed by atoms with E-state index in [1.54, 1.807) is 24.3 Å². The Morgan fingerprint density at radius 1 is 1.14 bits per heavy atom. The van der Waals surface area contributed by atoms with Crippen LogP contribution in [0, 0.1) is 11.6 Å². The highest BCUT2D eigenvalue weighted by atomic mass is 19.1. The van der Waals surface area contributed by atoms with Crippen molar-refractivity contribution in [2.24, 2.45) is 5.16 Å². The highest BCUT2D eigenvalue weighted by Crippen LogP contribution is 2.02. The lowest BCUT2D eigenvalue weighted by atomic mass is 10.2. The Bertz CT molecular complexity index is 657. The van der Waals surface area contributed by atoms with Gasteiger partial charge in [0.25, 0.3) is 5.91 Å². The molecule has 114 valence electrons. The molecule has 0 radical (unpaired) electrons. The van der Waals surface area contributed by atoms with Gasteiger partial charge in [-0.3, -0.25) is 4.79 Å². The lowest BCUT2D eigenvalue weighted by Gasteiger charge is -2.04. The van der Waals surface area contributed by atoms with Gasteiger partial charge >= 0.3 is 0 Å². The van der Waals surface area contributed by atoms with Gasteiger partial charge in [-0.15, -0.1) is 0 Å². The molecule has 0 bridgehead atoms. The Kier molecular flexibility index (Phi) is 5.59. The summed E-state index contributed by atoms with van der Waals surface area (Å²) in [6, 6.07) is 11.6. The number of nitrogens with zero attached hydrogens (tertiary/aromatic N) is 1. The van der Waals surface area contributed by atoms with Crippen molar-refractivity contribution in [1.82, 2.24) is 5.32 Å². The van der Waals surface area contributed by atoms with Crippen molar-refractivity contribution >= 4 is 12.1 Å². The molecule has 22 heavy (non-hydrogen) atoms. The number of amides is 1. The molecule has 0 heterocycles. The molecule has 0 aliphatic carbocycles. The molecule has 2 aromatic rings. The van der Waals surface area contributed by atoms with Crippen LogP contribution in [0.5, 0.6) is 0 Å². The van der Waals surface area contributed by atoms with Crippen molar-refractivity contribution in [2.75, 3.05) is 6.61 Å². The van der Waals surface area contributed by atoms with E-state index in [9.17, 15) is 13.6 Å². The van der Waals surface area contributed by atoms with Gasteiger partial charge in [0.15, 0.2) is 6.61 Å². The number of nitrogens with one attached hydrogen (secondary N) is 1. The van der Waals surface area contributed by atoms with Crippen LogP contribution in [0.2, 0.25) is 0 Å². The number of benzene rings is 2. The molecule has 0 spiro atoms. The van der Waals surface area contributed by atoms with Crippen LogP contribution in [0.25, 0.3) is 0 Å². The number of oxime groups is 1. The van der Waals surface area contributed by atoms with Crippen molar-refractivity contribution in [3.8, 4) is 0 Å². The first-order valence-corrected chi connectivity index (χ1v) is 6.55. The van der Waals surface area contributed by atoms with Crippen LogP contribution < -0.4 is 5.32 Å². The average Bonchev–Trinajstić information content (AvgIpc) is 2.51. The summed E-state index contributed by atoms with van der Waals surface area (Å²) in [6.07, 6.45) is 1.32. The van der Waals surface area contributed by atoms with E-state index in [0.717, 1.165) is 5.56 Å². The molecular formula is C16H14F2N2O2. The minimum atomic E-state index is -0.374. The van der Waals surface area contributed by atoms with Crippen LogP contribution in [0.4, 0.5) is 8.78 Å². The lowest BCUT2D eigenvalue weighted by molar-refractivity contribution is -0.125. The number of hydrogen-bond donors (Lipinski definition) is 1. The van der Waals surface area contributed by atoms with E-state index in [2.05, 4.69) is 10.5 Å². The summed E-state index contributed by atoms with van der Waals surface area (Å²) in [5, 5.41) is 6.19. The maximum absolute atomic E-state index is 12.9. The van der Waals surface area contributed by atoms with Crippen LogP contribution in [-0.2, 0) is 16.2 Å². The number of hydrogen-bond acceptors (Lipinski definition) is 3. The Morgan fingerprint density at radius 3 is 2.64 bits per heavy atom. The fourth-order valence-corrected chi connectivity index (χ4v) is 1.63. The molecule has 1 amide bonds. The zero-order chi connectivity index (χ0) is 15.8. The summed E-state index contributed by atoms with van der Waals surface area (Å²) in [4.78, 5) is 16.3. The topological polar surface area (TPSA) is 50.7 Å². The third-order valence-corrected chi connectivity index (χ3v) is 2.72. The fourth-order valence-electron chi connectivity index (χ4n) is 1.63. The van der Waals surface area contributed by atoms with Crippen LogP contribution in [0.3, 0.4) is 0 Å². The molecule has 0 saturated carbocycles. The van der Waals surface area contributed by atoms with E-state index >= 15 is 0 Å². The van der Waals surface area contributed by atoms with Crippen LogP contribution in [0.15, 0.2) is 53.7 Å². The molecule has 6 heteroatoms. The molecule has 0 unspecified atom stereocenters. The quantitative estimate of drug-likeness (QED) is 0.659. The highest BCUT2D eigenvalue weighted by molar-refractivity contribution is 5.79. The summed E-state index contributed by atoms with van der Waals surface area (Å²) in [5.41, 5.74) is 1.31. The average molecular weight is 304 g/mol. The first kappa shape index (κ1) is 15.6. The van der Waals surface area contributed by atoms with Crippen LogP contribution in [-0.4, -0.2) is 18.7 Å². The molecule has 1 N–H and O–H groups in total. The number of carbonyl (C=O) groups excluding carboxylic acids is 1. The largest absolute Gasteiger partial charge is 0.386 e. The van der Waals surface area contributed by atoms with Crippen molar-refractivity contribution < 1.29 is 18.4 Å². The number of carbonyl (C=O) groups is 1. The zero-order valence-corrected chi connectivity index (χ0v) is 11.6. The summed E-state index contributed by atoms with van der Waals surface area (Å²) in [6.45, 7) is 0.0170. The minimum Gasteiger partial charge on any atom is -0.386 e. The van der Waals surface area contributed by atoms with Crippen molar-refractivity contribution in [3.05, 3.63) is 71.3 Å². The summed E-state index contributed by atoms with van der Waals surface area (Å²) in [5.74, 6) is -1.06. The molecule has 0 fully saturated rings. The van der Waals surface area contributed by atoms with Gasteiger partial charge in [-0.25, -0.2) is 8.78 Å². The summed E-state index contributed by atoms with van der Waals surface area (Å²) < 4.78 is 25.6. The number of halogens is 2. The van der Waals surface area contributed by atoms with Gasteiger partial charge in [0.2, 0.25) is 0 Å². The van der Waals surface area contributed by atoms with E-state index in [1.165, 1.54) is 30.5 Å². The predicted molar refractivity (Wildman–Crippen MR) is 78.2 cm³/mol. The second kappa shape index (κ2) is 7.87. The third-order valence-electron chi connectivity index (χ3n) is 2.72. The first-order chi connectivity index (χ1) is 10.6. The van der Waals surface area contributed by atoms with Crippen molar-refractivity contribution in [3.63, 3.8) is 0 Å². The standard InChI is InChI=1S/C16H14F2N2O2/c17-14-6-4-12(5-7-14)9-19-16(21)11-22-20-10-13-2-1-3-15(18)8-13/h1-8,10H,9,11H2,(H,19,21)/b20-10-. The number of rotatable bonds is 6. The normalized spacial score (nSPS) is 10.6. The van der Waals surface area contributed by atoms with Gasteiger partial charge in [-0.1, -0.05) is 29.4 Å². The maximum atomic E-state index is 12.9. The van der Waals surface area contributed by atoms with E-state index in [1.807, 2.05) is 0 Å². The molecule has 4 nitrogen and oxygen atoms in total. The molecule has 0 atom stereocenters. The summed E-state index contributed by atoms with van der Waals surface area (Å²) >= 11 is 0. The van der Waals surface area contributed by atoms with E-state index < -0.39 is 0 Å². The van der Waals surface area contributed by atoms with E-state index in [4.69, 9.17) is 4.84 Å². The zero-order valence-electron chi connectivity index (χ0n) is 11.6. The Morgan fingerprint density at radius 2 is 1.91 bits per heavy atom. The van der Waals surface area contributed by atoms with Gasteiger partial charge in [0.05, 0.1) is 6.21 Å². The van der Waals surface area contributed by atoms with Crippen molar-refractivity contribution in [1.29, 1.82) is 0 Å². The second-order valence-electron chi connectivity index (χ2n) is 4.47. The first-order valence-electron chi connectivity index (χ1n) is 6.55. The molecular weight excluding hydrogens is 290 g/mol. The maximum Gasteiger partial charge on any atom is 0.261 e. The second-order valence-corrected chi connectivity index (χ2v) is 4.47. The molecule has 0 saturated heterocycles. The molecule has 0 aliphatic rings. The molecule has 2 rings (SSSR count). The SMILES string of the molecule is O=C(CO/N=C\c1cccc(F)c1)NCc1ccc(F)cc1. The Labute approximate surface area is 126 Å². The highest BCUT2D eigenvalue weighted by Gasteiger charge is 2.01. The molecule has 2 aromatic carbocycles. The fraction of sp³-hybridized carbons (Fsp3) is 0.125. The van der Waals surface area contributed by atoms with Gasteiger partial charge in [-0.2, -0.15) is 0 Å². The van der Waals surface area contributed by atoms with Gasteiger partial charge in [-0.05, 0) is 35.4 Å². The smallest absolute Gasteiger partial charge is 0.261 e. The predicted octanol–water partition coefficient (Wildman–Crippen LogP) is 2.63. The van der Waals surface area contributed by atoms with Gasteiger partial charge in [0, 0.05) is 6.54 Å². The van der Waals surface area contributed by atoms with Crippen LogP contribution in [0.1, 0.15) is 11.1 Å². The molecule has 0 aliphatic heterocycles. The van der Waals surface area contributed by atoms with E-state index in [0.29, 0.717) is 5.56 Å². The summed E-state index contributed by atoms with van der Waals surface area (Å²) in [7, 11) is 0. The van der Waals surface area contributed by atoms with Crippen LogP contribution >= 0.6 is 0 Å². The minimum absolute atomic E-state index is 0.257. The molecule has 0 aromatic heterocycles. The monoisotopic (exact) mass is 304 g/mol. The Balaban J connectivity index is 1.70. The van der Waals surface area contributed by atoms with Crippen molar-refractivity contribution in [2.45, 2.75) is 6.54 Å². The van der Waals surface area contributed by atoms with Gasteiger partial charge < -0.3 is 10.2 Å². The third kappa shape index (κ3) is 5.32. The van der Waals surface area contributed by atoms with Gasteiger partial charge in [0.1, 0.15) is 11.6 Å². The lowest BCUT2D eigenvalue weighted by Crippen LogP contribution is -2.26. The Hall–Kier alpha value is -2.76. The van der Waals surface area contributed by atoms with E-state index in [-0.39, 0.29) is 30.7 Å².